The molecule has 0 atom stereocenters. The van der Waals surface area contributed by atoms with Crippen LogP contribution in [0.5, 0.6) is 0 Å². The number of piperidine rings is 1. The molecule has 0 aliphatic carbocycles. The molecule has 9 heteroatoms. The van der Waals surface area contributed by atoms with E-state index in [1.54, 1.807) is 34.8 Å². The average molecular weight is 432 g/mol. The summed E-state index contributed by atoms with van der Waals surface area (Å²) in [5.74, 6) is 0.463. The van der Waals surface area contributed by atoms with Crippen LogP contribution in [0.3, 0.4) is 0 Å². The minimum atomic E-state index is -3.46. The van der Waals surface area contributed by atoms with Crippen LogP contribution in [0.4, 0.5) is 5.69 Å². The van der Waals surface area contributed by atoms with E-state index in [0.717, 1.165) is 41.0 Å². The number of nitrogens with one attached hydrogen (secondary N) is 1. The van der Waals surface area contributed by atoms with Crippen molar-refractivity contribution in [1.82, 2.24) is 9.29 Å². The average Bonchev–Trinajstić information content (AvgIpc) is 3.42. The molecule has 0 saturated carbocycles. The first-order valence-corrected chi connectivity index (χ1v) is 11.7. The number of nitrogens with zero attached hydrogens (tertiary/aromatic N) is 2. The van der Waals surface area contributed by atoms with Crippen LogP contribution < -0.4 is 5.32 Å². The Morgan fingerprint density at radius 3 is 2.55 bits per heavy atom. The Bertz CT molecular complexity index is 1070. The van der Waals surface area contributed by atoms with Gasteiger partial charge in [-0.3, -0.25) is 4.79 Å². The van der Waals surface area contributed by atoms with Gasteiger partial charge in [0.15, 0.2) is 12.2 Å². The van der Waals surface area contributed by atoms with Gasteiger partial charge in [0.05, 0.1) is 12.6 Å². The highest BCUT2D eigenvalue weighted by Crippen LogP contribution is 2.27. The van der Waals surface area contributed by atoms with Crippen molar-refractivity contribution in [1.29, 1.82) is 0 Å². The third kappa shape index (κ3) is 4.58. The zero-order valence-electron chi connectivity index (χ0n) is 15.7. The Balaban J connectivity index is 1.38. The molecule has 2 aromatic heterocycles. The normalized spacial score (nSPS) is 15.3. The molecule has 1 amide bonds. The van der Waals surface area contributed by atoms with Crippen LogP contribution in [-0.4, -0.2) is 36.7 Å². The fraction of sp³-hybridized carbons (Fsp3) is 0.300. The van der Waals surface area contributed by atoms with Gasteiger partial charge in [0.25, 0.3) is 10.0 Å². The van der Waals surface area contributed by atoms with E-state index in [-0.39, 0.29) is 12.3 Å². The van der Waals surface area contributed by atoms with Gasteiger partial charge in [-0.25, -0.2) is 13.4 Å². The Morgan fingerprint density at radius 1 is 1.10 bits per heavy atom. The smallest absolute Gasteiger partial charge is 0.252 e. The second-order valence-corrected chi connectivity index (χ2v) is 10.2. The van der Waals surface area contributed by atoms with E-state index < -0.39 is 10.0 Å². The van der Waals surface area contributed by atoms with E-state index in [2.05, 4.69) is 10.3 Å². The number of hydrogen-bond acceptors (Lipinski definition) is 6. The van der Waals surface area contributed by atoms with Crippen molar-refractivity contribution in [3.05, 3.63) is 53.9 Å². The molecule has 0 bridgehead atoms. The molecule has 7 nitrogen and oxygen atoms in total. The maximum atomic E-state index is 12.7. The first-order valence-electron chi connectivity index (χ1n) is 9.40. The lowest BCUT2D eigenvalue weighted by atomic mass is 10.1. The Kier molecular flexibility index (Phi) is 5.79. The maximum absolute atomic E-state index is 12.7. The molecule has 152 valence electrons. The van der Waals surface area contributed by atoms with E-state index in [1.807, 2.05) is 12.1 Å². The van der Waals surface area contributed by atoms with Crippen LogP contribution >= 0.6 is 11.3 Å². The van der Waals surface area contributed by atoms with Crippen LogP contribution in [0.2, 0.25) is 0 Å². The minimum Gasteiger partial charge on any atom is -0.444 e. The Hall–Kier alpha value is -2.49. The zero-order valence-corrected chi connectivity index (χ0v) is 17.3. The third-order valence-corrected chi connectivity index (χ3v) is 8.22. The standard InChI is InChI=1S/C20H21N3O4S2/c24-19(22-16-6-4-15(5-7-16)18-13-21-14-27-18)12-17-8-9-20(28-17)29(25,26)23-10-2-1-3-11-23/h4-9,13-14H,1-3,10-12H2,(H,22,24). The van der Waals surface area contributed by atoms with Gasteiger partial charge in [-0.15, -0.1) is 11.3 Å². The van der Waals surface area contributed by atoms with Crippen LogP contribution in [0.25, 0.3) is 11.3 Å². The lowest BCUT2D eigenvalue weighted by molar-refractivity contribution is -0.115. The van der Waals surface area contributed by atoms with Crippen LogP contribution in [-0.2, 0) is 21.2 Å². The molecule has 1 aliphatic heterocycles. The number of benzene rings is 1. The summed E-state index contributed by atoms with van der Waals surface area (Å²) in [6, 6.07) is 10.6. The van der Waals surface area contributed by atoms with Crippen LogP contribution in [0, 0.1) is 0 Å². The van der Waals surface area contributed by atoms with E-state index in [1.165, 1.54) is 6.39 Å². The number of aromatic nitrogens is 1. The molecule has 1 N–H and O–H groups in total. The summed E-state index contributed by atoms with van der Waals surface area (Å²) in [5, 5.41) is 2.84. The quantitative estimate of drug-likeness (QED) is 0.642. The molecule has 0 unspecified atom stereocenters. The molecule has 3 aromatic rings. The first-order chi connectivity index (χ1) is 14.0. The van der Waals surface area contributed by atoms with Crippen molar-refractivity contribution >= 4 is 33.0 Å². The molecule has 1 fully saturated rings. The number of sulfonamides is 1. The lowest BCUT2D eigenvalue weighted by Gasteiger charge is -2.25. The van der Waals surface area contributed by atoms with Gasteiger partial charge in [0, 0.05) is 29.2 Å². The number of hydrogen-bond donors (Lipinski definition) is 1. The van der Waals surface area contributed by atoms with Gasteiger partial charge >= 0.3 is 0 Å². The molecule has 29 heavy (non-hydrogen) atoms. The van der Waals surface area contributed by atoms with Crippen molar-refractivity contribution in [2.45, 2.75) is 29.9 Å². The topological polar surface area (TPSA) is 92.5 Å². The number of oxazole rings is 1. The second kappa shape index (κ2) is 8.48. The van der Waals surface area contributed by atoms with E-state index >= 15 is 0 Å². The molecule has 3 heterocycles. The van der Waals surface area contributed by atoms with E-state index in [4.69, 9.17) is 4.42 Å². The number of rotatable bonds is 6. The molecule has 0 radical (unpaired) electrons. The van der Waals surface area contributed by atoms with Crippen LogP contribution in [0.1, 0.15) is 24.1 Å². The number of anilines is 1. The van der Waals surface area contributed by atoms with Gasteiger partial charge in [0.1, 0.15) is 4.21 Å². The van der Waals surface area contributed by atoms with Crippen molar-refractivity contribution in [3.8, 4) is 11.3 Å². The van der Waals surface area contributed by atoms with Crippen molar-refractivity contribution in [3.63, 3.8) is 0 Å². The maximum Gasteiger partial charge on any atom is 0.252 e. The SMILES string of the molecule is O=C(Cc1ccc(S(=O)(=O)N2CCCCC2)s1)Nc1ccc(-c2cnco2)cc1. The molecule has 1 saturated heterocycles. The molecule has 0 spiro atoms. The predicted molar refractivity (Wildman–Crippen MR) is 111 cm³/mol. The molecule has 1 aliphatic rings. The van der Waals surface area contributed by atoms with Crippen LogP contribution in [0.15, 0.2) is 57.6 Å². The van der Waals surface area contributed by atoms with Gasteiger partial charge in [-0.1, -0.05) is 6.42 Å². The largest absolute Gasteiger partial charge is 0.444 e. The number of thiophene rings is 1. The number of amides is 1. The summed E-state index contributed by atoms with van der Waals surface area (Å²) in [7, 11) is -3.46. The summed E-state index contributed by atoms with van der Waals surface area (Å²) in [4.78, 5) is 17.0. The first kappa shape index (κ1) is 19.8. The summed E-state index contributed by atoms with van der Waals surface area (Å²) in [6.45, 7) is 1.14. The molecule has 4 rings (SSSR count). The monoisotopic (exact) mass is 431 g/mol. The number of carbonyl (C=O) groups excluding carboxylic acids is 1. The highest BCUT2D eigenvalue weighted by molar-refractivity contribution is 7.91. The zero-order chi connectivity index (χ0) is 20.3. The summed E-state index contributed by atoms with van der Waals surface area (Å²) in [6.07, 6.45) is 5.99. The molecule has 1 aromatic carbocycles. The van der Waals surface area contributed by atoms with Gasteiger partial charge in [0.2, 0.25) is 5.91 Å². The third-order valence-electron chi connectivity index (χ3n) is 4.77. The number of carbonyl (C=O) groups is 1. The van der Waals surface area contributed by atoms with E-state index in [9.17, 15) is 13.2 Å². The van der Waals surface area contributed by atoms with Crippen molar-refractivity contribution in [2.75, 3.05) is 18.4 Å². The Labute approximate surface area is 173 Å². The van der Waals surface area contributed by atoms with Gasteiger partial charge in [-0.2, -0.15) is 4.31 Å². The molecular formula is C20H21N3O4S2. The molecular weight excluding hydrogens is 410 g/mol. The highest BCUT2D eigenvalue weighted by atomic mass is 32.2. The fourth-order valence-corrected chi connectivity index (χ4v) is 6.29. The second-order valence-electron chi connectivity index (χ2n) is 6.85. The highest BCUT2D eigenvalue weighted by Gasteiger charge is 2.27. The predicted octanol–water partition coefficient (Wildman–Crippen LogP) is 3.76. The van der Waals surface area contributed by atoms with E-state index in [0.29, 0.717) is 28.7 Å². The fourth-order valence-electron chi connectivity index (χ4n) is 3.26. The summed E-state index contributed by atoms with van der Waals surface area (Å²) in [5.41, 5.74) is 1.53. The van der Waals surface area contributed by atoms with Crippen molar-refractivity contribution < 1.29 is 17.6 Å². The summed E-state index contributed by atoms with van der Waals surface area (Å²) >= 11 is 1.16. The van der Waals surface area contributed by atoms with Crippen molar-refractivity contribution in [2.24, 2.45) is 0 Å². The van der Waals surface area contributed by atoms with Gasteiger partial charge in [-0.05, 0) is 49.2 Å². The lowest BCUT2D eigenvalue weighted by Crippen LogP contribution is -2.35. The Morgan fingerprint density at radius 2 is 1.86 bits per heavy atom. The summed E-state index contributed by atoms with van der Waals surface area (Å²) < 4.78 is 32.6. The minimum absolute atomic E-state index is 0.129. The van der Waals surface area contributed by atoms with Gasteiger partial charge < -0.3 is 9.73 Å².